The molecule has 0 radical (unpaired) electrons. The maximum absolute atomic E-state index is 5.82. The van der Waals surface area contributed by atoms with Crippen LogP contribution in [0.4, 0.5) is 0 Å². The summed E-state index contributed by atoms with van der Waals surface area (Å²) in [4.78, 5) is 1.01. The fraction of sp³-hybridized carbons (Fsp3) is 0.571. The molecule has 0 atom stereocenters. The first-order valence-electron chi connectivity index (χ1n) is 6.45. The van der Waals surface area contributed by atoms with Gasteiger partial charge in [0, 0.05) is 18.1 Å². The van der Waals surface area contributed by atoms with Gasteiger partial charge in [0.05, 0.1) is 0 Å². The van der Waals surface area contributed by atoms with Crippen LogP contribution < -0.4 is 5.46 Å². The van der Waals surface area contributed by atoms with Crippen molar-refractivity contribution in [2.24, 2.45) is 5.92 Å². The van der Waals surface area contributed by atoms with E-state index in [2.05, 4.69) is 47.2 Å². The Balaban J connectivity index is 2.45. The summed E-state index contributed by atoms with van der Waals surface area (Å²) in [6.45, 7) is 12.2. The van der Waals surface area contributed by atoms with E-state index in [0.29, 0.717) is 5.92 Å². The first-order chi connectivity index (χ1) is 8.43. The van der Waals surface area contributed by atoms with Crippen LogP contribution in [0.2, 0.25) is 0 Å². The van der Waals surface area contributed by atoms with Crippen LogP contribution in [0.25, 0.3) is 0 Å². The van der Waals surface area contributed by atoms with Crippen molar-refractivity contribution in [2.45, 2.75) is 39.5 Å². The van der Waals surface area contributed by atoms with E-state index in [4.69, 9.17) is 9.31 Å². The molecule has 2 rings (SSSR count). The zero-order chi connectivity index (χ0) is 13.4. The van der Waals surface area contributed by atoms with Crippen molar-refractivity contribution in [1.29, 1.82) is 0 Å². The summed E-state index contributed by atoms with van der Waals surface area (Å²) in [5.41, 5.74) is 6.19. The van der Waals surface area contributed by atoms with Gasteiger partial charge in [-0.05, 0) is 61.3 Å². The number of hydrogen-bond donors (Lipinski definition) is 1. The fourth-order valence-corrected chi connectivity index (χ4v) is 2.82. The molecule has 18 heavy (non-hydrogen) atoms. The summed E-state index contributed by atoms with van der Waals surface area (Å²) in [7, 11) is -0.258. The van der Waals surface area contributed by atoms with Gasteiger partial charge in [-0.1, -0.05) is 6.92 Å². The van der Waals surface area contributed by atoms with Crippen LogP contribution >= 0.6 is 12.6 Å². The molecule has 0 aliphatic carbocycles. The highest BCUT2D eigenvalue weighted by molar-refractivity contribution is 7.80. The maximum atomic E-state index is 5.82. The molecule has 1 aromatic rings. The van der Waals surface area contributed by atoms with Crippen molar-refractivity contribution >= 4 is 25.2 Å². The third-order valence-electron chi connectivity index (χ3n) is 4.00. The molecular weight excluding hydrogens is 243 g/mol. The highest BCUT2D eigenvalue weighted by atomic mass is 32.1. The minimum Gasteiger partial charge on any atom is -0.407 e. The van der Waals surface area contributed by atoms with E-state index >= 15 is 0 Å². The van der Waals surface area contributed by atoms with Crippen LogP contribution in [0.5, 0.6) is 0 Å². The molecule has 0 bridgehead atoms. The lowest BCUT2D eigenvalue weighted by atomic mass is 9.72. The molecule has 0 saturated carbocycles. The lowest BCUT2D eigenvalue weighted by molar-refractivity contribution is 0.0954. The Morgan fingerprint density at radius 1 is 0.944 bits per heavy atom. The molecule has 4 heteroatoms. The van der Waals surface area contributed by atoms with Gasteiger partial charge in [-0.3, -0.25) is 0 Å². The molecule has 1 saturated heterocycles. The van der Waals surface area contributed by atoms with Crippen molar-refractivity contribution in [3.63, 3.8) is 0 Å². The van der Waals surface area contributed by atoms with Gasteiger partial charge in [0.15, 0.2) is 0 Å². The van der Waals surface area contributed by atoms with Crippen molar-refractivity contribution in [3.8, 4) is 0 Å². The molecule has 0 amide bonds. The van der Waals surface area contributed by atoms with E-state index in [1.165, 1.54) is 22.3 Å². The standard InChI is InChI=1S/C14H21BO2S/c1-8-6-16-15(17-7-8)13-11(4)9(2)10(3)12(5)14(13)18/h8,18H,6-7H2,1-5H3. The average molecular weight is 264 g/mol. The van der Waals surface area contributed by atoms with Gasteiger partial charge in [-0.15, -0.1) is 12.6 Å². The number of thiol groups is 1. The lowest BCUT2D eigenvalue weighted by Gasteiger charge is -2.28. The molecule has 1 aromatic carbocycles. The molecule has 0 unspecified atom stereocenters. The summed E-state index contributed by atoms with van der Waals surface area (Å²) >= 11 is 4.67. The van der Waals surface area contributed by atoms with Gasteiger partial charge in [0.2, 0.25) is 0 Å². The highest BCUT2D eigenvalue weighted by Crippen LogP contribution is 2.24. The van der Waals surface area contributed by atoms with Gasteiger partial charge in [0.1, 0.15) is 0 Å². The molecule has 0 aromatic heterocycles. The largest absolute Gasteiger partial charge is 0.495 e. The van der Waals surface area contributed by atoms with Crippen LogP contribution in [-0.4, -0.2) is 20.3 Å². The van der Waals surface area contributed by atoms with E-state index in [1.807, 2.05) is 0 Å². The van der Waals surface area contributed by atoms with Crippen LogP contribution in [0.1, 0.15) is 29.2 Å². The van der Waals surface area contributed by atoms with Gasteiger partial charge in [-0.2, -0.15) is 0 Å². The second-order valence-corrected chi connectivity index (χ2v) is 5.81. The SMILES string of the molecule is Cc1c(C)c(C)c(B2OCC(C)CO2)c(S)c1C. The molecular formula is C14H21BO2S. The zero-order valence-electron chi connectivity index (χ0n) is 11.8. The first-order valence-corrected chi connectivity index (χ1v) is 6.90. The minimum atomic E-state index is -0.258. The van der Waals surface area contributed by atoms with Gasteiger partial charge >= 0.3 is 7.12 Å². The Morgan fingerprint density at radius 2 is 1.44 bits per heavy atom. The molecule has 1 aliphatic rings. The Morgan fingerprint density at radius 3 is 2.00 bits per heavy atom. The molecule has 1 fully saturated rings. The third kappa shape index (κ3) is 2.34. The predicted molar refractivity (Wildman–Crippen MR) is 79.1 cm³/mol. The van der Waals surface area contributed by atoms with Crippen LogP contribution in [0.3, 0.4) is 0 Å². The monoisotopic (exact) mass is 264 g/mol. The quantitative estimate of drug-likeness (QED) is 0.621. The molecule has 98 valence electrons. The highest BCUT2D eigenvalue weighted by Gasteiger charge is 2.32. The summed E-state index contributed by atoms with van der Waals surface area (Å²) in [5, 5.41) is 0. The van der Waals surface area contributed by atoms with Crippen LogP contribution in [0, 0.1) is 33.6 Å². The van der Waals surface area contributed by atoms with Crippen LogP contribution in [-0.2, 0) is 9.31 Å². The smallest absolute Gasteiger partial charge is 0.407 e. The van der Waals surface area contributed by atoms with Crippen molar-refractivity contribution in [3.05, 3.63) is 22.3 Å². The van der Waals surface area contributed by atoms with E-state index < -0.39 is 0 Å². The Hall–Kier alpha value is -0.445. The maximum Gasteiger partial charge on any atom is 0.495 e. The van der Waals surface area contributed by atoms with Crippen molar-refractivity contribution < 1.29 is 9.31 Å². The van der Waals surface area contributed by atoms with E-state index in [1.54, 1.807) is 0 Å². The summed E-state index contributed by atoms with van der Waals surface area (Å²) in [6.07, 6.45) is 0. The third-order valence-corrected chi connectivity index (χ3v) is 4.58. The minimum absolute atomic E-state index is 0.258. The second kappa shape index (κ2) is 5.28. The first kappa shape index (κ1) is 14.0. The number of hydrogen-bond acceptors (Lipinski definition) is 3. The molecule has 0 N–H and O–H groups in total. The summed E-state index contributed by atoms with van der Waals surface area (Å²) < 4.78 is 11.6. The average Bonchev–Trinajstić information content (AvgIpc) is 2.36. The second-order valence-electron chi connectivity index (χ2n) is 5.37. The molecule has 2 nitrogen and oxygen atoms in total. The molecule has 1 aliphatic heterocycles. The number of benzene rings is 1. The van der Waals surface area contributed by atoms with E-state index in [9.17, 15) is 0 Å². The Labute approximate surface area is 116 Å². The summed E-state index contributed by atoms with van der Waals surface area (Å²) in [5.74, 6) is 0.470. The van der Waals surface area contributed by atoms with E-state index in [-0.39, 0.29) is 7.12 Å². The molecule has 1 heterocycles. The van der Waals surface area contributed by atoms with Gasteiger partial charge in [-0.25, -0.2) is 0 Å². The normalized spacial score (nSPS) is 17.3. The molecule has 0 spiro atoms. The lowest BCUT2D eigenvalue weighted by Crippen LogP contribution is -2.46. The Bertz CT molecular complexity index is 436. The van der Waals surface area contributed by atoms with Gasteiger partial charge in [0.25, 0.3) is 0 Å². The van der Waals surface area contributed by atoms with E-state index in [0.717, 1.165) is 23.6 Å². The van der Waals surface area contributed by atoms with Crippen molar-refractivity contribution in [1.82, 2.24) is 0 Å². The van der Waals surface area contributed by atoms with Crippen molar-refractivity contribution in [2.75, 3.05) is 13.2 Å². The number of rotatable bonds is 1. The van der Waals surface area contributed by atoms with Gasteiger partial charge < -0.3 is 9.31 Å². The Kier molecular flexibility index (Phi) is 4.10. The van der Waals surface area contributed by atoms with Crippen LogP contribution in [0.15, 0.2) is 4.90 Å². The topological polar surface area (TPSA) is 18.5 Å². The zero-order valence-corrected chi connectivity index (χ0v) is 12.7. The summed E-state index contributed by atoms with van der Waals surface area (Å²) in [6, 6.07) is 0. The predicted octanol–water partition coefficient (Wildman–Crippen LogP) is 2.59. The fourth-order valence-electron chi connectivity index (χ4n) is 2.38.